The summed E-state index contributed by atoms with van der Waals surface area (Å²) >= 11 is 0. The number of rotatable bonds is 5. The molecule has 0 spiro atoms. The second kappa shape index (κ2) is 6.71. The van der Waals surface area contributed by atoms with Crippen LogP contribution in [0.25, 0.3) is 0 Å². The predicted molar refractivity (Wildman–Crippen MR) is 75.6 cm³/mol. The van der Waals surface area contributed by atoms with Crippen molar-refractivity contribution in [3.05, 3.63) is 71.8 Å². The normalized spacial score (nSPS) is 13.2. The summed E-state index contributed by atoms with van der Waals surface area (Å²) < 4.78 is 5.74. The van der Waals surface area contributed by atoms with Crippen LogP contribution in [0.5, 0.6) is 0 Å². The van der Waals surface area contributed by atoms with Gasteiger partial charge in [-0.1, -0.05) is 65.8 Å². The van der Waals surface area contributed by atoms with E-state index in [0.717, 1.165) is 11.1 Å². The van der Waals surface area contributed by atoms with Crippen LogP contribution < -0.4 is 0 Å². The van der Waals surface area contributed by atoms with E-state index in [0.29, 0.717) is 12.3 Å². The van der Waals surface area contributed by atoms with E-state index in [9.17, 15) is 5.21 Å². The van der Waals surface area contributed by atoms with E-state index in [-0.39, 0.29) is 6.10 Å². The number of oxime groups is 1. The average molecular weight is 255 g/mol. The van der Waals surface area contributed by atoms with Gasteiger partial charge in [0, 0.05) is 12.2 Å². The van der Waals surface area contributed by atoms with E-state index in [1.54, 1.807) is 0 Å². The third kappa shape index (κ3) is 3.20. The monoisotopic (exact) mass is 255 g/mol. The Balaban J connectivity index is 2.38. The number of ether oxygens (including phenoxy) is 1. The van der Waals surface area contributed by atoms with Crippen LogP contribution in [0.1, 0.15) is 24.2 Å². The van der Waals surface area contributed by atoms with Gasteiger partial charge < -0.3 is 9.94 Å². The van der Waals surface area contributed by atoms with Crippen LogP contribution in [0.15, 0.2) is 65.8 Å². The van der Waals surface area contributed by atoms with Gasteiger partial charge in [0.25, 0.3) is 0 Å². The first-order valence-corrected chi connectivity index (χ1v) is 6.30. The standard InChI is InChI=1S/C16H17NO2/c1-2-19-16(14-11-7-4-8-12-14)15(17-18)13-9-5-3-6-10-13/h3-12,16,18H,2H2,1H3/b17-15+. The molecule has 0 aromatic heterocycles. The van der Waals surface area contributed by atoms with Crippen molar-refractivity contribution < 1.29 is 9.94 Å². The molecule has 0 amide bonds. The summed E-state index contributed by atoms with van der Waals surface area (Å²) in [5.74, 6) is 0. The van der Waals surface area contributed by atoms with Crippen LogP contribution in [0.3, 0.4) is 0 Å². The molecule has 0 saturated carbocycles. The molecular formula is C16H17NO2. The van der Waals surface area contributed by atoms with Crippen molar-refractivity contribution in [3.8, 4) is 0 Å². The zero-order valence-electron chi connectivity index (χ0n) is 10.9. The highest BCUT2D eigenvalue weighted by molar-refractivity contribution is 6.03. The molecule has 1 unspecified atom stereocenters. The molecule has 0 radical (unpaired) electrons. The van der Waals surface area contributed by atoms with Gasteiger partial charge in [-0.15, -0.1) is 0 Å². The molecule has 3 nitrogen and oxygen atoms in total. The lowest BCUT2D eigenvalue weighted by Gasteiger charge is -2.18. The van der Waals surface area contributed by atoms with Crippen molar-refractivity contribution in [1.82, 2.24) is 0 Å². The molecule has 2 rings (SSSR count). The van der Waals surface area contributed by atoms with Crippen LogP contribution in [0.4, 0.5) is 0 Å². The first-order valence-electron chi connectivity index (χ1n) is 6.30. The Morgan fingerprint density at radius 2 is 1.63 bits per heavy atom. The Kier molecular flexibility index (Phi) is 4.70. The molecule has 0 aliphatic carbocycles. The molecule has 2 aromatic rings. The number of nitrogens with zero attached hydrogens (tertiary/aromatic N) is 1. The smallest absolute Gasteiger partial charge is 0.128 e. The molecular weight excluding hydrogens is 238 g/mol. The van der Waals surface area contributed by atoms with Gasteiger partial charge >= 0.3 is 0 Å². The molecule has 1 N–H and O–H groups in total. The highest BCUT2D eigenvalue weighted by atomic mass is 16.5. The number of benzene rings is 2. The number of hydrogen-bond acceptors (Lipinski definition) is 3. The van der Waals surface area contributed by atoms with Gasteiger partial charge in [-0.2, -0.15) is 0 Å². The third-order valence-corrected chi connectivity index (χ3v) is 2.86. The molecule has 2 aromatic carbocycles. The largest absolute Gasteiger partial charge is 0.411 e. The Morgan fingerprint density at radius 1 is 1.05 bits per heavy atom. The summed E-state index contributed by atoms with van der Waals surface area (Å²) in [5.41, 5.74) is 2.35. The maximum atomic E-state index is 9.35. The lowest BCUT2D eigenvalue weighted by atomic mass is 9.99. The fraction of sp³-hybridized carbons (Fsp3) is 0.188. The Morgan fingerprint density at radius 3 is 2.16 bits per heavy atom. The minimum absolute atomic E-state index is 0.362. The molecule has 98 valence electrons. The molecule has 3 heteroatoms. The molecule has 0 aliphatic rings. The van der Waals surface area contributed by atoms with Crippen LogP contribution in [-0.2, 0) is 4.74 Å². The summed E-state index contributed by atoms with van der Waals surface area (Å²) in [6.07, 6.45) is -0.362. The Labute approximate surface area is 113 Å². The zero-order chi connectivity index (χ0) is 13.5. The van der Waals surface area contributed by atoms with Gasteiger partial charge in [-0.3, -0.25) is 0 Å². The first-order chi connectivity index (χ1) is 9.36. The lowest BCUT2D eigenvalue weighted by Crippen LogP contribution is -2.17. The highest BCUT2D eigenvalue weighted by Crippen LogP contribution is 2.23. The molecule has 19 heavy (non-hydrogen) atoms. The second-order valence-corrected chi connectivity index (χ2v) is 4.10. The molecule has 0 heterocycles. The molecule has 0 saturated heterocycles. The Bertz CT molecular complexity index is 523. The van der Waals surface area contributed by atoms with Crippen molar-refractivity contribution in [2.45, 2.75) is 13.0 Å². The molecule has 0 bridgehead atoms. The van der Waals surface area contributed by atoms with Gasteiger partial charge in [0.05, 0.1) is 0 Å². The molecule has 1 atom stereocenters. The summed E-state index contributed by atoms with van der Waals surface area (Å²) in [7, 11) is 0. The SMILES string of the molecule is CCOC(/C(=N/O)c1ccccc1)c1ccccc1. The predicted octanol–water partition coefficient (Wildman–Crippen LogP) is 3.64. The van der Waals surface area contributed by atoms with Gasteiger partial charge in [-0.05, 0) is 12.5 Å². The number of hydrogen-bond donors (Lipinski definition) is 1. The van der Waals surface area contributed by atoms with E-state index in [4.69, 9.17) is 4.74 Å². The van der Waals surface area contributed by atoms with E-state index in [2.05, 4.69) is 5.16 Å². The van der Waals surface area contributed by atoms with Crippen molar-refractivity contribution in [2.24, 2.45) is 5.16 Å². The maximum absolute atomic E-state index is 9.35. The van der Waals surface area contributed by atoms with Crippen molar-refractivity contribution in [1.29, 1.82) is 0 Å². The van der Waals surface area contributed by atoms with Crippen molar-refractivity contribution in [3.63, 3.8) is 0 Å². The van der Waals surface area contributed by atoms with Crippen LogP contribution >= 0.6 is 0 Å². The minimum Gasteiger partial charge on any atom is -0.411 e. The Hall–Kier alpha value is -2.13. The zero-order valence-corrected chi connectivity index (χ0v) is 10.9. The molecule has 0 aliphatic heterocycles. The van der Waals surface area contributed by atoms with Gasteiger partial charge in [0.1, 0.15) is 11.8 Å². The summed E-state index contributed by atoms with van der Waals surface area (Å²) in [4.78, 5) is 0. The average Bonchev–Trinajstić information content (AvgIpc) is 2.49. The fourth-order valence-corrected chi connectivity index (χ4v) is 2.00. The van der Waals surface area contributed by atoms with Crippen molar-refractivity contribution in [2.75, 3.05) is 6.61 Å². The first kappa shape index (κ1) is 13.3. The summed E-state index contributed by atoms with van der Waals surface area (Å²) in [5, 5.41) is 12.8. The van der Waals surface area contributed by atoms with Gasteiger partial charge in [0.15, 0.2) is 0 Å². The topological polar surface area (TPSA) is 41.8 Å². The minimum atomic E-state index is -0.362. The highest BCUT2D eigenvalue weighted by Gasteiger charge is 2.20. The summed E-state index contributed by atoms with van der Waals surface area (Å²) in [6.45, 7) is 2.47. The van der Waals surface area contributed by atoms with Crippen LogP contribution in [0, 0.1) is 0 Å². The van der Waals surface area contributed by atoms with E-state index >= 15 is 0 Å². The van der Waals surface area contributed by atoms with Crippen molar-refractivity contribution >= 4 is 5.71 Å². The van der Waals surface area contributed by atoms with Gasteiger partial charge in [-0.25, -0.2) is 0 Å². The van der Waals surface area contributed by atoms with E-state index in [1.807, 2.05) is 67.6 Å². The van der Waals surface area contributed by atoms with Gasteiger partial charge in [0.2, 0.25) is 0 Å². The van der Waals surface area contributed by atoms with Crippen LogP contribution in [-0.4, -0.2) is 17.5 Å². The fourth-order valence-electron chi connectivity index (χ4n) is 2.00. The summed E-state index contributed by atoms with van der Waals surface area (Å²) in [6, 6.07) is 19.3. The lowest BCUT2D eigenvalue weighted by molar-refractivity contribution is 0.108. The van der Waals surface area contributed by atoms with E-state index < -0.39 is 0 Å². The second-order valence-electron chi connectivity index (χ2n) is 4.10. The van der Waals surface area contributed by atoms with E-state index in [1.165, 1.54) is 0 Å². The van der Waals surface area contributed by atoms with Crippen LogP contribution in [0.2, 0.25) is 0 Å². The molecule has 0 fully saturated rings. The third-order valence-electron chi connectivity index (χ3n) is 2.86. The quantitative estimate of drug-likeness (QED) is 0.503. The maximum Gasteiger partial charge on any atom is 0.128 e.